The van der Waals surface area contributed by atoms with E-state index in [4.69, 9.17) is 5.73 Å². The minimum absolute atomic E-state index is 0.402. The SMILES string of the molecule is NCCCC(Cc1ncn2c1Cc1ccccc1C2)C(=O)O. The van der Waals surface area contributed by atoms with Crippen LogP contribution in [0.4, 0.5) is 0 Å². The van der Waals surface area contributed by atoms with Crippen molar-refractivity contribution < 1.29 is 9.90 Å². The highest BCUT2D eigenvalue weighted by Gasteiger charge is 2.24. The van der Waals surface area contributed by atoms with Gasteiger partial charge < -0.3 is 15.4 Å². The van der Waals surface area contributed by atoms with Gasteiger partial charge in [0.1, 0.15) is 0 Å². The Hall–Kier alpha value is -2.14. The summed E-state index contributed by atoms with van der Waals surface area (Å²) in [5, 5.41) is 9.39. The van der Waals surface area contributed by atoms with Gasteiger partial charge in [0, 0.05) is 25.1 Å². The van der Waals surface area contributed by atoms with Crippen LogP contribution in [0.5, 0.6) is 0 Å². The molecule has 0 radical (unpaired) electrons. The van der Waals surface area contributed by atoms with Crippen molar-refractivity contribution in [3.8, 4) is 0 Å². The monoisotopic (exact) mass is 299 g/mol. The van der Waals surface area contributed by atoms with Crippen molar-refractivity contribution in [3.05, 3.63) is 53.1 Å². The lowest BCUT2D eigenvalue weighted by molar-refractivity contribution is -0.142. The lowest BCUT2D eigenvalue weighted by Crippen LogP contribution is -2.20. The molecule has 1 aliphatic heterocycles. The van der Waals surface area contributed by atoms with Crippen LogP contribution in [-0.4, -0.2) is 27.2 Å². The Labute approximate surface area is 129 Å². The predicted octanol–water partition coefficient (Wildman–Crippen LogP) is 1.82. The van der Waals surface area contributed by atoms with Gasteiger partial charge in [-0.2, -0.15) is 0 Å². The number of imidazole rings is 1. The molecule has 0 saturated carbocycles. The summed E-state index contributed by atoms with van der Waals surface area (Å²) >= 11 is 0. The Morgan fingerprint density at radius 3 is 2.86 bits per heavy atom. The number of hydrogen-bond acceptors (Lipinski definition) is 3. The summed E-state index contributed by atoms with van der Waals surface area (Å²) in [7, 11) is 0. The third-order valence-electron chi connectivity index (χ3n) is 4.40. The molecule has 0 amide bonds. The minimum atomic E-state index is -0.758. The first-order valence-electron chi connectivity index (χ1n) is 7.71. The molecular weight excluding hydrogens is 278 g/mol. The predicted molar refractivity (Wildman–Crippen MR) is 83.7 cm³/mol. The highest BCUT2D eigenvalue weighted by Crippen LogP contribution is 2.26. The first-order valence-corrected chi connectivity index (χ1v) is 7.71. The molecule has 3 rings (SSSR count). The van der Waals surface area contributed by atoms with Gasteiger partial charge >= 0.3 is 5.97 Å². The average Bonchev–Trinajstić information content (AvgIpc) is 2.90. The van der Waals surface area contributed by atoms with E-state index in [-0.39, 0.29) is 0 Å². The Kier molecular flexibility index (Phi) is 4.24. The van der Waals surface area contributed by atoms with E-state index in [1.165, 1.54) is 11.1 Å². The zero-order valence-corrected chi connectivity index (χ0v) is 12.5. The number of aromatic nitrogens is 2. The Morgan fingerprint density at radius 2 is 2.14 bits per heavy atom. The fraction of sp³-hybridized carbons (Fsp3) is 0.412. The number of carboxylic acid groups (broad SMARTS) is 1. The highest BCUT2D eigenvalue weighted by atomic mass is 16.4. The van der Waals surface area contributed by atoms with Gasteiger partial charge in [0.15, 0.2) is 0 Å². The number of nitrogens with zero attached hydrogens (tertiary/aromatic N) is 2. The lowest BCUT2D eigenvalue weighted by atomic mass is 9.93. The average molecular weight is 299 g/mol. The molecule has 1 atom stereocenters. The number of nitrogens with two attached hydrogens (primary N) is 1. The van der Waals surface area contributed by atoms with Crippen LogP contribution in [0, 0.1) is 5.92 Å². The molecular formula is C17H21N3O2. The fourth-order valence-electron chi connectivity index (χ4n) is 3.12. The van der Waals surface area contributed by atoms with E-state index in [0.29, 0.717) is 19.4 Å². The van der Waals surface area contributed by atoms with Crippen molar-refractivity contribution in [1.29, 1.82) is 0 Å². The second-order valence-corrected chi connectivity index (χ2v) is 5.88. The van der Waals surface area contributed by atoms with Crippen LogP contribution < -0.4 is 5.73 Å². The zero-order valence-electron chi connectivity index (χ0n) is 12.5. The maximum Gasteiger partial charge on any atom is 0.306 e. The Balaban J connectivity index is 1.80. The third-order valence-corrected chi connectivity index (χ3v) is 4.40. The normalized spacial score (nSPS) is 14.2. The van der Waals surface area contributed by atoms with Gasteiger partial charge in [0.25, 0.3) is 0 Å². The van der Waals surface area contributed by atoms with E-state index < -0.39 is 11.9 Å². The zero-order chi connectivity index (χ0) is 15.5. The summed E-state index contributed by atoms with van der Waals surface area (Å²) in [6.45, 7) is 1.34. The van der Waals surface area contributed by atoms with Crippen molar-refractivity contribution >= 4 is 5.97 Å². The molecule has 116 valence electrons. The topological polar surface area (TPSA) is 81.1 Å². The number of carboxylic acids is 1. The standard InChI is InChI=1S/C17H21N3O2/c18-7-3-6-13(17(21)22)8-15-16-9-12-4-1-2-5-14(12)10-20(16)11-19-15/h1-2,4-5,11,13H,3,6-10,18H2,(H,21,22). The van der Waals surface area contributed by atoms with Crippen molar-refractivity contribution in [2.24, 2.45) is 11.7 Å². The summed E-state index contributed by atoms with van der Waals surface area (Å²) in [4.78, 5) is 15.9. The molecule has 1 aliphatic rings. The van der Waals surface area contributed by atoms with Gasteiger partial charge in [-0.05, 0) is 30.5 Å². The molecule has 2 aromatic rings. The molecule has 22 heavy (non-hydrogen) atoms. The van der Waals surface area contributed by atoms with Crippen molar-refractivity contribution in [2.75, 3.05) is 6.54 Å². The first kappa shape index (κ1) is 14.8. The van der Waals surface area contributed by atoms with E-state index in [0.717, 1.165) is 30.8 Å². The lowest BCUT2D eigenvalue weighted by Gasteiger charge is -2.20. The molecule has 3 N–H and O–H groups in total. The van der Waals surface area contributed by atoms with Crippen LogP contribution in [0.3, 0.4) is 0 Å². The molecule has 5 nitrogen and oxygen atoms in total. The van der Waals surface area contributed by atoms with Crippen LogP contribution >= 0.6 is 0 Å². The van der Waals surface area contributed by atoms with Crippen LogP contribution in [0.25, 0.3) is 0 Å². The maximum absolute atomic E-state index is 11.4. The Bertz CT molecular complexity index is 678. The number of hydrogen-bond donors (Lipinski definition) is 2. The molecule has 0 bridgehead atoms. The second-order valence-electron chi connectivity index (χ2n) is 5.88. The van der Waals surface area contributed by atoms with Crippen molar-refractivity contribution in [1.82, 2.24) is 9.55 Å². The van der Waals surface area contributed by atoms with E-state index in [1.54, 1.807) is 0 Å². The number of benzene rings is 1. The van der Waals surface area contributed by atoms with E-state index in [2.05, 4.69) is 27.8 Å². The minimum Gasteiger partial charge on any atom is -0.481 e. The molecule has 0 saturated heterocycles. The number of rotatable bonds is 6. The van der Waals surface area contributed by atoms with E-state index in [1.807, 2.05) is 12.4 Å². The summed E-state index contributed by atoms with van der Waals surface area (Å²) in [6, 6.07) is 8.37. The van der Waals surface area contributed by atoms with E-state index >= 15 is 0 Å². The smallest absolute Gasteiger partial charge is 0.306 e. The molecule has 1 unspecified atom stereocenters. The van der Waals surface area contributed by atoms with Gasteiger partial charge in [0.05, 0.1) is 17.9 Å². The van der Waals surface area contributed by atoms with E-state index in [9.17, 15) is 9.90 Å². The first-order chi connectivity index (χ1) is 10.7. The van der Waals surface area contributed by atoms with Gasteiger partial charge in [-0.25, -0.2) is 4.98 Å². The van der Waals surface area contributed by atoms with Gasteiger partial charge in [-0.3, -0.25) is 4.79 Å². The summed E-state index contributed by atoms with van der Waals surface area (Å²) < 4.78 is 2.14. The quantitative estimate of drug-likeness (QED) is 0.727. The van der Waals surface area contributed by atoms with Crippen LogP contribution in [0.15, 0.2) is 30.6 Å². The third kappa shape index (κ3) is 2.90. The summed E-state index contributed by atoms with van der Waals surface area (Å²) in [6.07, 6.45) is 4.49. The molecule has 5 heteroatoms. The highest BCUT2D eigenvalue weighted by molar-refractivity contribution is 5.70. The molecule has 1 aromatic heterocycles. The van der Waals surface area contributed by atoms with Gasteiger partial charge in [-0.15, -0.1) is 0 Å². The summed E-state index contributed by atoms with van der Waals surface area (Å²) in [5.41, 5.74) is 10.2. The number of carbonyl (C=O) groups is 1. The van der Waals surface area contributed by atoms with Crippen molar-refractivity contribution in [2.45, 2.75) is 32.2 Å². The molecule has 1 aromatic carbocycles. The van der Waals surface area contributed by atoms with Crippen LogP contribution in [0.1, 0.15) is 35.4 Å². The molecule has 0 spiro atoms. The van der Waals surface area contributed by atoms with Crippen LogP contribution in [-0.2, 0) is 24.2 Å². The fourth-order valence-corrected chi connectivity index (χ4v) is 3.12. The van der Waals surface area contributed by atoms with Gasteiger partial charge in [0.2, 0.25) is 0 Å². The molecule has 0 aliphatic carbocycles. The van der Waals surface area contributed by atoms with Crippen molar-refractivity contribution in [3.63, 3.8) is 0 Å². The second kappa shape index (κ2) is 6.32. The summed E-state index contributed by atoms with van der Waals surface area (Å²) in [5.74, 6) is -1.16. The molecule has 0 fully saturated rings. The molecule has 2 heterocycles. The largest absolute Gasteiger partial charge is 0.481 e. The number of aliphatic carboxylic acids is 1. The number of fused-ring (bicyclic) bond motifs is 2. The van der Waals surface area contributed by atoms with Gasteiger partial charge in [-0.1, -0.05) is 24.3 Å². The van der Waals surface area contributed by atoms with Crippen LogP contribution in [0.2, 0.25) is 0 Å². The maximum atomic E-state index is 11.4. The Morgan fingerprint density at radius 1 is 1.36 bits per heavy atom.